The quantitative estimate of drug-likeness (QED) is 0.814. The number of carbonyl (C=O) groups is 1. The Hall–Kier alpha value is -0.980. The predicted molar refractivity (Wildman–Crippen MR) is 98.9 cm³/mol. The Kier molecular flexibility index (Phi) is 5.34. The van der Waals surface area contributed by atoms with Gasteiger partial charge in [-0.25, -0.2) is 4.98 Å². The number of fused-ring (bicyclic) bond motifs is 1. The van der Waals surface area contributed by atoms with Gasteiger partial charge in [0.25, 0.3) is 0 Å². The molecule has 1 aliphatic rings. The summed E-state index contributed by atoms with van der Waals surface area (Å²) in [7, 11) is 0. The van der Waals surface area contributed by atoms with Crippen LogP contribution in [0.1, 0.15) is 31.2 Å². The fraction of sp³-hybridized carbons (Fsp3) is 0.529. The molecule has 124 valence electrons. The molecule has 1 saturated heterocycles. The molecule has 23 heavy (non-hydrogen) atoms. The van der Waals surface area contributed by atoms with Gasteiger partial charge in [-0.2, -0.15) is 0 Å². The van der Waals surface area contributed by atoms with E-state index in [1.54, 1.807) is 11.3 Å². The molecular weight excluding hydrogens is 374 g/mol. The molecule has 0 aliphatic carbocycles. The smallest absolute Gasteiger partial charge is 0.220 e. The minimum atomic E-state index is 0.130. The van der Waals surface area contributed by atoms with Gasteiger partial charge in [-0.3, -0.25) is 4.79 Å². The highest BCUT2D eigenvalue weighted by atomic mass is 79.9. The first-order valence-corrected chi connectivity index (χ1v) is 9.67. The van der Waals surface area contributed by atoms with E-state index in [0.717, 1.165) is 47.5 Å². The lowest BCUT2D eigenvalue weighted by Gasteiger charge is -2.34. The summed E-state index contributed by atoms with van der Waals surface area (Å²) < 4.78 is 2.21. The summed E-state index contributed by atoms with van der Waals surface area (Å²) in [5.74, 6) is 0.130. The van der Waals surface area contributed by atoms with Crippen LogP contribution in [0, 0.1) is 5.41 Å². The number of aryl methyl sites for hydroxylation is 1. The van der Waals surface area contributed by atoms with Gasteiger partial charge in [0, 0.05) is 23.9 Å². The molecule has 6 heteroatoms. The van der Waals surface area contributed by atoms with Crippen molar-refractivity contribution in [3.63, 3.8) is 0 Å². The van der Waals surface area contributed by atoms with Gasteiger partial charge in [0.15, 0.2) is 0 Å². The van der Waals surface area contributed by atoms with Crippen LogP contribution in [-0.2, 0) is 11.2 Å². The maximum absolute atomic E-state index is 12.1. The van der Waals surface area contributed by atoms with E-state index in [4.69, 9.17) is 0 Å². The lowest BCUT2D eigenvalue weighted by Crippen LogP contribution is -2.42. The van der Waals surface area contributed by atoms with E-state index in [1.807, 2.05) is 12.1 Å². The molecule has 1 aromatic heterocycles. The first-order valence-electron chi connectivity index (χ1n) is 8.07. The Morgan fingerprint density at radius 3 is 3.00 bits per heavy atom. The summed E-state index contributed by atoms with van der Waals surface area (Å²) in [5, 5.41) is 7.51. The number of rotatable bonds is 5. The molecule has 2 heterocycles. The van der Waals surface area contributed by atoms with Crippen LogP contribution >= 0.6 is 27.3 Å². The third kappa shape index (κ3) is 4.52. The van der Waals surface area contributed by atoms with Crippen LogP contribution in [0.15, 0.2) is 22.7 Å². The Labute approximate surface area is 149 Å². The van der Waals surface area contributed by atoms with Gasteiger partial charge in [0.1, 0.15) is 0 Å². The number of halogens is 1. The van der Waals surface area contributed by atoms with E-state index in [2.05, 4.69) is 44.5 Å². The normalized spacial score (nSPS) is 17.3. The van der Waals surface area contributed by atoms with Crippen LogP contribution < -0.4 is 10.6 Å². The molecule has 1 amide bonds. The molecule has 0 unspecified atom stereocenters. The molecule has 0 bridgehead atoms. The van der Waals surface area contributed by atoms with Crippen LogP contribution in [0.25, 0.3) is 10.2 Å². The summed E-state index contributed by atoms with van der Waals surface area (Å²) >= 11 is 5.14. The zero-order valence-corrected chi connectivity index (χ0v) is 15.7. The van der Waals surface area contributed by atoms with Crippen molar-refractivity contribution in [1.29, 1.82) is 0 Å². The Balaban J connectivity index is 1.49. The van der Waals surface area contributed by atoms with Gasteiger partial charge in [-0.15, -0.1) is 11.3 Å². The maximum Gasteiger partial charge on any atom is 0.220 e. The monoisotopic (exact) mass is 395 g/mol. The van der Waals surface area contributed by atoms with Crippen molar-refractivity contribution >= 4 is 43.4 Å². The maximum atomic E-state index is 12.1. The molecule has 1 aromatic carbocycles. The molecular formula is C17H22BrN3OS. The highest BCUT2D eigenvalue weighted by Crippen LogP contribution is 2.27. The van der Waals surface area contributed by atoms with Crippen LogP contribution in [0.4, 0.5) is 0 Å². The molecule has 0 spiro atoms. The van der Waals surface area contributed by atoms with Crippen LogP contribution in [0.5, 0.6) is 0 Å². The number of hydrogen-bond acceptors (Lipinski definition) is 4. The number of nitrogens with one attached hydrogen (secondary N) is 2. The average Bonchev–Trinajstić information content (AvgIpc) is 2.94. The van der Waals surface area contributed by atoms with E-state index >= 15 is 0 Å². The lowest BCUT2D eigenvalue weighted by molar-refractivity contribution is -0.121. The van der Waals surface area contributed by atoms with Gasteiger partial charge in [-0.05, 0) is 49.5 Å². The summed E-state index contributed by atoms with van der Waals surface area (Å²) in [6, 6.07) is 6.11. The first kappa shape index (κ1) is 16.9. The van der Waals surface area contributed by atoms with Gasteiger partial charge < -0.3 is 10.6 Å². The molecule has 3 rings (SSSR count). The van der Waals surface area contributed by atoms with E-state index in [0.29, 0.717) is 12.8 Å². The molecule has 2 N–H and O–H groups in total. The number of thiazole rings is 1. The van der Waals surface area contributed by atoms with Crippen LogP contribution in [-0.4, -0.2) is 30.5 Å². The summed E-state index contributed by atoms with van der Waals surface area (Å²) in [6.45, 7) is 5.14. The Morgan fingerprint density at radius 1 is 1.43 bits per heavy atom. The Bertz CT molecular complexity index is 694. The average molecular weight is 396 g/mol. The second-order valence-corrected chi connectivity index (χ2v) is 8.59. The van der Waals surface area contributed by atoms with Gasteiger partial charge >= 0.3 is 0 Å². The number of benzene rings is 1. The number of piperidine rings is 1. The van der Waals surface area contributed by atoms with Gasteiger partial charge in [-0.1, -0.05) is 22.9 Å². The van der Waals surface area contributed by atoms with Crippen molar-refractivity contribution in [2.45, 2.75) is 32.6 Å². The summed E-state index contributed by atoms with van der Waals surface area (Å²) in [6.07, 6.45) is 3.47. The first-order chi connectivity index (χ1) is 11.0. The van der Waals surface area contributed by atoms with Crippen molar-refractivity contribution in [1.82, 2.24) is 15.6 Å². The standard InChI is InChI=1S/C17H22BrN3OS/c1-17(6-8-19-9-7-17)11-20-15(22)4-5-16-21-13-10-12(18)2-3-14(13)23-16/h2-3,10,19H,4-9,11H2,1H3,(H,20,22). The molecule has 1 fully saturated rings. The summed E-state index contributed by atoms with van der Waals surface area (Å²) in [5.41, 5.74) is 1.24. The molecule has 4 nitrogen and oxygen atoms in total. The number of amides is 1. The third-order valence-corrected chi connectivity index (χ3v) is 6.07. The second kappa shape index (κ2) is 7.28. The Morgan fingerprint density at radius 2 is 2.22 bits per heavy atom. The van der Waals surface area contributed by atoms with E-state index in [9.17, 15) is 4.79 Å². The number of hydrogen-bond donors (Lipinski definition) is 2. The van der Waals surface area contributed by atoms with Crippen LogP contribution in [0.3, 0.4) is 0 Å². The van der Waals surface area contributed by atoms with Crippen molar-refractivity contribution in [3.05, 3.63) is 27.7 Å². The van der Waals surface area contributed by atoms with E-state index in [-0.39, 0.29) is 11.3 Å². The van der Waals surface area contributed by atoms with Crippen molar-refractivity contribution < 1.29 is 4.79 Å². The topological polar surface area (TPSA) is 54.0 Å². The number of carbonyl (C=O) groups excluding carboxylic acids is 1. The second-order valence-electron chi connectivity index (χ2n) is 6.56. The number of aromatic nitrogens is 1. The molecule has 0 radical (unpaired) electrons. The summed E-state index contributed by atoms with van der Waals surface area (Å²) in [4.78, 5) is 16.7. The molecule has 1 aliphatic heterocycles. The minimum Gasteiger partial charge on any atom is -0.356 e. The lowest BCUT2D eigenvalue weighted by atomic mass is 9.81. The third-order valence-electron chi connectivity index (χ3n) is 4.48. The molecule has 0 atom stereocenters. The van der Waals surface area contributed by atoms with Crippen LogP contribution in [0.2, 0.25) is 0 Å². The molecule has 2 aromatic rings. The van der Waals surface area contributed by atoms with Crippen molar-refractivity contribution in [3.8, 4) is 0 Å². The largest absolute Gasteiger partial charge is 0.356 e. The zero-order valence-electron chi connectivity index (χ0n) is 13.3. The van der Waals surface area contributed by atoms with E-state index < -0.39 is 0 Å². The van der Waals surface area contributed by atoms with E-state index in [1.165, 1.54) is 4.70 Å². The van der Waals surface area contributed by atoms with Crippen molar-refractivity contribution in [2.75, 3.05) is 19.6 Å². The molecule has 0 saturated carbocycles. The minimum absolute atomic E-state index is 0.130. The van der Waals surface area contributed by atoms with Gasteiger partial charge in [0.05, 0.1) is 15.2 Å². The fourth-order valence-electron chi connectivity index (χ4n) is 2.88. The fourth-order valence-corrected chi connectivity index (χ4v) is 4.18. The highest BCUT2D eigenvalue weighted by Gasteiger charge is 2.26. The SMILES string of the molecule is CC1(CNC(=O)CCc2nc3cc(Br)ccc3s2)CCNCC1. The number of nitrogens with zero attached hydrogens (tertiary/aromatic N) is 1. The van der Waals surface area contributed by atoms with Gasteiger partial charge in [0.2, 0.25) is 5.91 Å². The predicted octanol–water partition coefficient (Wildman–Crippen LogP) is 3.50. The zero-order chi connectivity index (χ0) is 16.3. The van der Waals surface area contributed by atoms with Crippen molar-refractivity contribution in [2.24, 2.45) is 5.41 Å². The highest BCUT2D eigenvalue weighted by molar-refractivity contribution is 9.10.